The van der Waals surface area contributed by atoms with Gasteiger partial charge in [0.25, 0.3) is 0 Å². The minimum atomic E-state index is 0.456. The van der Waals surface area contributed by atoms with E-state index in [0.717, 1.165) is 32.7 Å². The lowest BCUT2D eigenvalue weighted by Gasteiger charge is -2.33. The SMILES string of the molecule is CCCCN1CCO[C@@H](CCN(C)C)C1. The fourth-order valence-corrected chi connectivity index (χ4v) is 1.94. The van der Waals surface area contributed by atoms with E-state index >= 15 is 0 Å². The van der Waals surface area contributed by atoms with E-state index < -0.39 is 0 Å². The van der Waals surface area contributed by atoms with Crippen molar-refractivity contribution >= 4 is 0 Å². The number of hydrogen-bond donors (Lipinski definition) is 0. The Morgan fingerprint density at radius 2 is 2.20 bits per heavy atom. The molecule has 0 amide bonds. The highest BCUT2D eigenvalue weighted by Crippen LogP contribution is 2.09. The van der Waals surface area contributed by atoms with Crippen LogP contribution in [0.5, 0.6) is 0 Å². The Bertz CT molecular complexity index is 162. The number of morpholine rings is 1. The number of hydrogen-bond acceptors (Lipinski definition) is 3. The maximum Gasteiger partial charge on any atom is 0.0714 e. The van der Waals surface area contributed by atoms with Gasteiger partial charge in [-0.3, -0.25) is 4.90 Å². The number of rotatable bonds is 6. The Kier molecular flexibility index (Phi) is 6.22. The molecule has 0 aromatic carbocycles. The molecule has 0 aliphatic carbocycles. The van der Waals surface area contributed by atoms with E-state index in [2.05, 4.69) is 30.8 Å². The van der Waals surface area contributed by atoms with Crippen LogP contribution in [0.4, 0.5) is 0 Å². The van der Waals surface area contributed by atoms with E-state index in [0.29, 0.717) is 6.10 Å². The van der Waals surface area contributed by atoms with Crippen LogP contribution in [0.3, 0.4) is 0 Å². The Hall–Kier alpha value is -0.120. The van der Waals surface area contributed by atoms with Gasteiger partial charge >= 0.3 is 0 Å². The van der Waals surface area contributed by atoms with Crippen molar-refractivity contribution in [1.82, 2.24) is 9.80 Å². The summed E-state index contributed by atoms with van der Waals surface area (Å²) >= 11 is 0. The van der Waals surface area contributed by atoms with Gasteiger partial charge in [-0.05, 0) is 33.5 Å². The number of nitrogens with zero attached hydrogens (tertiary/aromatic N) is 2. The summed E-state index contributed by atoms with van der Waals surface area (Å²) in [6, 6.07) is 0. The standard InChI is InChI=1S/C12H26N2O/c1-4-5-7-14-9-10-15-12(11-14)6-8-13(2)3/h12H,4-11H2,1-3H3/t12-/m0/s1. The molecule has 0 unspecified atom stereocenters. The summed E-state index contributed by atoms with van der Waals surface area (Å²) in [5.74, 6) is 0. The van der Waals surface area contributed by atoms with Gasteiger partial charge in [0.15, 0.2) is 0 Å². The van der Waals surface area contributed by atoms with Gasteiger partial charge in [0.05, 0.1) is 12.7 Å². The van der Waals surface area contributed by atoms with Crippen LogP contribution in [0, 0.1) is 0 Å². The summed E-state index contributed by atoms with van der Waals surface area (Å²) in [4.78, 5) is 4.78. The van der Waals surface area contributed by atoms with Crippen LogP contribution in [0.15, 0.2) is 0 Å². The molecule has 0 spiro atoms. The van der Waals surface area contributed by atoms with E-state index in [9.17, 15) is 0 Å². The van der Waals surface area contributed by atoms with Gasteiger partial charge in [0, 0.05) is 19.6 Å². The molecule has 1 rings (SSSR count). The van der Waals surface area contributed by atoms with Crippen LogP contribution >= 0.6 is 0 Å². The molecular formula is C12H26N2O. The zero-order chi connectivity index (χ0) is 11.1. The Balaban J connectivity index is 2.17. The van der Waals surface area contributed by atoms with E-state index in [-0.39, 0.29) is 0 Å². The van der Waals surface area contributed by atoms with Gasteiger partial charge in [-0.1, -0.05) is 13.3 Å². The van der Waals surface area contributed by atoms with Crippen molar-refractivity contribution in [3.63, 3.8) is 0 Å². The van der Waals surface area contributed by atoms with E-state index in [1.807, 2.05) is 0 Å². The zero-order valence-corrected chi connectivity index (χ0v) is 10.5. The predicted octanol–water partition coefficient (Wildman–Crippen LogP) is 1.44. The van der Waals surface area contributed by atoms with Crippen LogP contribution in [0.25, 0.3) is 0 Å². The van der Waals surface area contributed by atoms with Crippen molar-refractivity contribution in [2.24, 2.45) is 0 Å². The fourth-order valence-electron chi connectivity index (χ4n) is 1.94. The molecule has 0 saturated carbocycles. The molecule has 90 valence electrons. The van der Waals surface area contributed by atoms with Crippen LogP contribution in [0.1, 0.15) is 26.2 Å². The monoisotopic (exact) mass is 214 g/mol. The maximum atomic E-state index is 5.77. The van der Waals surface area contributed by atoms with Gasteiger partial charge in [-0.2, -0.15) is 0 Å². The normalized spacial score (nSPS) is 23.6. The van der Waals surface area contributed by atoms with Crippen molar-refractivity contribution in [1.29, 1.82) is 0 Å². The molecule has 1 atom stereocenters. The van der Waals surface area contributed by atoms with Crippen LogP contribution < -0.4 is 0 Å². The molecule has 0 N–H and O–H groups in total. The second kappa shape index (κ2) is 7.20. The molecule has 0 aromatic rings. The summed E-state index contributed by atoms with van der Waals surface area (Å²) in [6.07, 6.45) is 4.23. The second-order valence-electron chi connectivity index (χ2n) is 4.74. The molecular weight excluding hydrogens is 188 g/mol. The van der Waals surface area contributed by atoms with Crippen LogP contribution in [-0.2, 0) is 4.74 Å². The number of unbranched alkanes of at least 4 members (excludes halogenated alkanes) is 1. The van der Waals surface area contributed by atoms with Gasteiger partial charge in [-0.25, -0.2) is 0 Å². The van der Waals surface area contributed by atoms with Gasteiger partial charge in [0.2, 0.25) is 0 Å². The summed E-state index contributed by atoms with van der Waals surface area (Å²) in [5, 5.41) is 0. The molecule has 1 aliphatic heterocycles. The minimum absolute atomic E-state index is 0.456. The van der Waals surface area contributed by atoms with Gasteiger partial charge in [-0.15, -0.1) is 0 Å². The second-order valence-corrected chi connectivity index (χ2v) is 4.74. The predicted molar refractivity (Wildman–Crippen MR) is 64.3 cm³/mol. The highest BCUT2D eigenvalue weighted by Gasteiger charge is 2.19. The molecule has 1 aliphatic rings. The van der Waals surface area contributed by atoms with Crippen molar-refractivity contribution < 1.29 is 4.74 Å². The summed E-state index contributed by atoms with van der Waals surface area (Å²) in [6.45, 7) is 7.81. The highest BCUT2D eigenvalue weighted by molar-refractivity contribution is 4.72. The van der Waals surface area contributed by atoms with Crippen LogP contribution in [0.2, 0.25) is 0 Å². The van der Waals surface area contributed by atoms with Gasteiger partial charge in [0.1, 0.15) is 0 Å². The third kappa shape index (κ3) is 5.50. The average molecular weight is 214 g/mol. The van der Waals surface area contributed by atoms with Crippen molar-refractivity contribution in [2.75, 3.05) is 46.9 Å². The molecule has 0 aromatic heterocycles. The Morgan fingerprint density at radius 3 is 2.87 bits per heavy atom. The maximum absolute atomic E-state index is 5.77. The molecule has 3 nitrogen and oxygen atoms in total. The summed E-state index contributed by atoms with van der Waals surface area (Å²) in [5.41, 5.74) is 0. The largest absolute Gasteiger partial charge is 0.376 e. The fraction of sp³-hybridized carbons (Fsp3) is 1.00. The quantitative estimate of drug-likeness (QED) is 0.665. The topological polar surface area (TPSA) is 15.7 Å². The average Bonchev–Trinajstić information content (AvgIpc) is 2.24. The first-order valence-electron chi connectivity index (χ1n) is 6.21. The Labute approximate surface area is 94.4 Å². The first-order valence-corrected chi connectivity index (χ1v) is 6.21. The summed E-state index contributed by atoms with van der Waals surface area (Å²) in [7, 11) is 4.25. The number of ether oxygens (including phenoxy) is 1. The smallest absolute Gasteiger partial charge is 0.0714 e. The first-order chi connectivity index (χ1) is 7.22. The van der Waals surface area contributed by atoms with E-state index in [1.165, 1.54) is 19.4 Å². The molecule has 0 bridgehead atoms. The third-order valence-corrected chi connectivity index (χ3v) is 2.95. The van der Waals surface area contributed by atoms with Crippen LogP contribution in [-0.4, -0.2) is 62.8 Å². The van der Waals surface area contributed by atoms with Crippen molar-refractivity contribution in [3.8, 4) is 0 Å². The lowest BCUT2D eigenvalue weighted by molar-refractivity contribution is -0.0344. The molecule has 15 heavy (non-hydrogen) atoms. The Morgan fingerprint density at radius 1 is 1.40 bits per heavy atom. The first kappa shape index (κ1) is 12.9. The van der Waals surface area contributed by atoms with Gasteiger partial charge < -0.3 is 9.64 Å². The zero-order valence-electron chi connectivity index (χ0n) is 10.5. The molecule has 1 heterocycles. The highest BCUT2D eigenvalue weighted by atomic mass is 16.5. The molecule has 1 saturated heterocycles. The minimum Gasteiger partial charge on any atom is -0.376 e. The van der Waals surface area contributed by atoms with E-state index in [4.69, 9.17) is 4.74 Å². The molecule has 1 fully saturated rings. The van der Waals surface area contributed by atoms with Crippen molar-refractivity contribution in [3.05, 3.63) is 0 Å². The summed E-state index contributed by atoms with van der Waals surface area (Å²) < 4.78 is 5.77. The van der Waals surface area contributed by atoms with E-state index in [1.54, 1.807) is 0 Å². The lowest BCUT2D eigenvalue weighted by Crippen LogP contribution is -2.43. The lowest BCUT2D eigenvalue weighted by atomic mass is 10.2. The van der Waals surface area contributed by atoms with Crippen molar-refractivity contribution in [2.45, 2.75) is 32.3 Å². The molecule has 0 radical (unpaired) electrons. The third-order valence-electron chi connectivity index (χ3n) is 2.95. The molecule has 3 heteroatoms.